The third-order valence-electron chi connectivity index (χ3n) is 2.78. The number of hydrogen-bond donors (Lipinski definition) is 1. The van der Waals surface area contributed by atoms with Gasteiger partial charge in [-0.1, -0.05) is 5.16 Å². The van der Waals surface area contributed by atoms with Gasteiger partial charge in [0, 0.05) is 18.4 Å². The Labute approximate surface area is 111 Å². The van der Waals surface area contributed by atoms with Crippen molar-refractivity contribution < 1.29 is 4.52 Å². The van der Waals surface area contributed by atoms with Crippen LogP contribution < -0.4 is 11.4 Å². The van der Waals surface area contributed by atoms with Gasteiger partial charge in [0.25, 0.3) is 0 Å². The number of rotatable bonds is 4. The first kappa shape index (κ1) is 13.5. The highest BCUT2D eigenvalue weighted by atomic mass is 16.5. The van der Waals surface area contributed by atoms with Crippen LogP contribution in [0.1, 0.15) is 45.5 Å². The molecule has 0 bridgehead atoms. The van der Waals surface area contributed by atoms with Crippen molar-refractivity contribution in [3.05, 3.63) is 34.6 Å². The van der Waals surface area contributed by atoms with E-state index in [-0.39, 0.29) is 18.3 Å². The Balaban J connectivity index is 2.23. The molecule has 2 aromatic heterocycles. The van der Waals surface area contributed by atoms with Crippen molar-refractivity contribution in [2.45, 2.75) is 45.8 Å². The lowest BCUT2D eigenvalue weighted by Crippen LogP contribution is -2.30. The first-order valence-electron chi connectivity index (χ1n) is 6.18. The number of imidazole rings is 1. The highest BCUT2D eigenvalue weighted by Gasteiger charge is 2.21. The van der Waals surface area contributed by atoms with Gasteiger partial charge < -0.3 is 10.3 Å². The zero-order chi connectivity index (χ0) is 14.2. The van der Waals surface area contributed by atoms with Crippen LogP contribution in [0.2, 0.25) is 0 Å². The summed E-state index contributed by atoms with van der Waals surface area (Å²) in [6, 6.07) is 0.120. The molecular weight excluding hydrogens is 246 g/mol. The second-order valence-corrected chi connectivity index (χ2v) is 5.44. The molecule has 2 aromatic rings. The lowest BCUT2D eigenvalue weighted by Gasteiger charge is -2.11. The Morgan fingerprint density at radius 2 is 2.11 bits per heavy atom. The fraction of sp³-hybridized carbons (Fsp3) is 0.583. The average molecular weight is 265 g/mol. The maximum atomic E-state index is 12.0. The number of nitrogens with zero attached hydrogens (tertiary/aromatic N) is 4. The Hall–Kier alpha value is -1.89. The molecule has 0 spiro atoms. The van der Waals surface area contributed by atoms with E-state index < -0.39 is 5.54 Å². The van der Waals surface area contributed by atoms with Gasteiger partial charge in [0.1, 0.15) is 6.54 Å². The van der Waals surface area contributed by atoms with Crippen molar-refractivity contribution in [1.29, 1.82) is 0 Å². The van der Waals surface area contributed by atoms with Crippen LogP contribution in [-0.4, -0.2) is 19.3 Å². The zero-order valence-corrected chi connectivity index (χ0v) is 11.6. The normalized spacial score (nSPS) is 12.3. The minimum Gasteiger partial charge on any atom is -0.337 e. The highest BCUT2D eigenvalue weighted by molar-refractivity contribution is 4.99. The summed E-state index contributed by atoms with van der Waals surface area (Å²) in [5.74, 6) is 0.802. The van der Waals surface area contributed by atoms with Crippen LogP contribution in [0.3, 0.4) is 0 Å². The largest absolute Gasteiger partial charge is 0.337 e. The molecule has 7 heteroatoms. The summed E-state index contributed by atoms with van der Waals surface area (Å²) < 4.78 is 8.28. The molecule has 19 heavy (non-hydrogen) atoms. The summed E-state index contributed by atoms with van der Waals surface area (Å²) in [7, 11) is 0. The smallest absolute Gasteiger partial charge is 0.328 e. The molecule has 7 nitrogen and oxygen atoms in total. The Morgan fingerprint density at radius 3 is 2.58 bits per heavy atom. The van der Waals surface area contributed by atoms with Crippen molar-refractivity contribution in [2.24, 2.45) is 5.73 Å². The fourth-order valence-electron chi connectivity index (χ4n) is 1.67. The van der Waals surface area contributed by atoms with Gasteiger partial charge in [0.2, 0.25) is 5.89 Å². The first-order valence-corrected chi connectivity index (χ1v) is 6.18. The molecule has 2 N–H and O–H groups in total. The van der Waals surface area contributed by atoms with E-state index in [2.05, 4.69) is 10.1 Å². The van der Waals surface area contributed by atoms with Crippen LogP contribution in [0.15, 0.2) is 21.7 Å². The predicted molar refractivity (Wildman–Crippen MR) is 69.7 cm³/mol. The molecule has 0 atom stereocenters. The zero-order valence-electron chi connectivity index (χ0n) is 11.6. The van der Waals surface area contributed by atoms with E-state index in [0.29, 0.717) is 11.7 Å². The Morgan fingerprint density at radius 1 is 1.42 bits per heavy atom. The molecule has 0 radical (unpaired) electrons. The van der Waals surface area contributed by atoms with Gasteiger partial charge in [-0.25, -0.2) is 4.79 Å². The van der Waals surface area contributed by atoms with Gasteiger partial charge >= 0.3 is 5.69 Å². The van der Waals surface area contributed by atoms with E-state index in [1.807, 2.05) is 13.8 Å². The van der Waals surface area contributed by atoms with E-state index in [1.54, 1.807) is 30.8 Å². The van der Waals surface area contributed by atoms with Crippen LogP contribution in [-0.2, 0) is 12.1 Å². The van der Waals surface area contributed by atoms with Crippen LogP contribution in [0, 0.1) is 0 Å². The number of hydrogen-bond acceptors (Lipinski definition) is 5. The molecule has 0 amide bonds. The standard InChI is InChI=1S/C12H19N5O2/c1-8(2)17-6-5-16(11(17)18)7-9-14-10(15-19-9)12(3,4)13/h5-6,8H,7,13H2,1-4H3. The van der Waals surface area contributed by atoms with Crippen molar-refractivity contribution in [2.75, 3.05) is 0 Å². The Kier molecular flexibility index (Phi) is 3.32. The van der Waals surface area contributed by atoms with Gasteiger partial charge in [-0.3, -0.25) is 9.13 Å². The van der Waals surface area contributed by atoms with Gasteiger partial charge in [-0.2, -0.15) is 4.98 Å². The molecule has 0 saturated carbocycles. The molecular formula is C12H19N5O2. The second-order valence-electron chi connectivity index (χ2n) is 5.44. The molecule has 0 aromatic carbocycles. The van der Waals surface area contributed by atoms with Crippen molar-refractivity contribution >= 4 is 0 Å². The van der Waals surface area contributed by atoms with Gasteiger partial charge in [0.05, 0.1) is 5.54 Å². The van der Waals surface area contributed by atoms with E-state index in [0.717, 1.165) is 0 Å². The van der Waals surface area contributed by atoms with Gasteiger partial charge in [-0.15, -0.1) is 0 Å². The Bertz CT molecular complexity index is 615. The summed E-state index contributed by atoms with van der Waals surface area (Å²) in [6.07, 6.45) is 3.46. The third kappa shape index (κ3) is 2.76. The number of aromatic nitrogens is 4. The predicted octanol–water partition coefficient (Wildman–Crippen LogP) is 0.856. The second kappa shape index (κ2) is 4.65. The van der Waals surface area contributed by atoms with Crippen LogP contribution in [0.4, 0.5) is 0 Å². The molecule has 2 rings (SSSR count). The SMILES string of the molecule is CC(C)n1ccn(Cc2nc(C(C)(C)N)no2)c1=O. The lowest BCUT2D eigenvalue weighted by atomic mass is 10.1. The lowest BCUT2D eigenvalue weighted by molar-refractivity contribution is 0.353. The van der Waals surface area contributed by atoms with E-state index in [9.17, 15) is 4.79 Å². The third-order valence-corrected chi connectivity index (χ3v) is 2.78. The molecule has 0 aliphatic rings. The van der Waals surface area contributed by atoms with E-state index in [4.69, 9.17) is 10.3 Å². The molecule has 2 heterocycles. The molecule has 0 fully saturated rings. The number of nitrogens with two attached hydrogens (primary N) is 1. The maximum absolute atomic E-state index is 12.0. The minimum atomic E-state index is -0.656. The summed E-state index contributed by atoms with van der Waals surface area (Å²) in [5, 5.41) is 3.82. The van der Waals surface area contributed by atoms with Crippen LogP contribution >= 0.6 is 0 Å². The first-order chi connectivity index (χ1) is 8.79. The van der Waals surface area contributed by atoms with Gasteiger partial charge in [-0.05, 0) is 27.7 Å². The monoisotopic (exact) mass is 265 g/mol. The van der Waals surface area contributed by atoms with E-state index in [1.165, 1.54) is 4.57 Å². The molecule has 104 valence electrons. The van der Waals surface area contributed by atoms with Crippen molar-refractivity contribution in [3.63, 3.8) is 0 Å². The van der Waals surface area contributed by atoms with Crippen molar-refractivity contribution in [1.82, 2.24) is 19.3 Å². The van der Waals surface area contributed by atoms with Crippen molar-refractivity contribution in [3.8, 4) is 0 Å². The van der Waals surface area contributed by atoms with Crippen LogP contribution in [0.25, 0.3) is 0 Å². The highest BCUT2D eigenvalue weighted by Crippen LogP contribution is 2.12. The average Bonchev–Trinajstić information content (AvgIpc) is 2.87. The topological polar surface area (TPSA) is 91.9 Å². The maximum Gasteiger partial charge on any atom is 0.328 e. The minimum absolute atomic E-state index is 0.0956. The quantitative estimate of drug-likeness (QED) is 0.885. The molecule has 0 aliphatic carbocycles. The summed E-state index contributed by atoms with van der Waals surface area (Å²) in [5.41, 5.74) is 5.13. The van der Waals surface area contributed by atoms with E-state index >= 15 is 0 Å². The summed E-state index contributed by atoms with van der Waals surface area (Å²) in [6.45, 7) is 7.74. The van der Waals surface area contributed by atoms with Gasteiger partial charge in [0.15, 0.2) is 5.82 Å². The molecule has 0 unspecified atom stereocenters. The molecule has 0 saturated heterocycles. The molecule has 0 aliphatic heterocycles. The summed E-state index contributed by atoms with van der Waals surface area (Å²) in [4.78, 5) is 16.2. The fourth-order valence-corrected chi connectivity index (χ4v) is 1.67. The summed E-state index contributed by atoms with van der Waals surface area (Å²) >= 11 is 0. The van der Waals surface area contributed by atoms with Crippen LogP contribution in [0.5, 0.6) is 0 Å².